The average Bonchev–Trinajstić information content (AvgIpc) is 3.39. The second-order valence-corrected chi connectivity index (χ2v) is 10.0. The third-order valence-corrected chi connectivity index (χ3v) is 7.72. The molecule has 1 saturated heterocycles. The predicted octanol–water partition coefficient (Wildman–Crippen LogP) is 3.67. The van der Waals surface area contributed by atoms with Crippen LogP contribution in [0, 0.1) is 5.82 Å². The van der Waals surface area contributed by atoms with Crippen molar-refractivity contribution in [2.45, 2.75) is 6.04 Å². The lowest BCUT2D eigenvalue weighted by Gasteiger charge is -2.35. The van der Waals surface area contributed by atoms with Crippen molar-refractivity contribution < 1.29 is 23.5 Å². The average molecular weight is 538 g/mol. The number of anilines is 1. The van der Waals surface area contributed by atoms with Gasteiger partial charge in [0.25, 0.3) is 12.4 Å². The molecule has 1 atom stereocenters. The van der Waals surface area contributed by atoms with Gasteiger partial charge in [0, 0.05) is 74.9 Å². The highest BCUT2D eigenvalue weighted by Crippen LogP contribution is 2.38. The fraction of sp³-hybridized carbons (Fsp3) is 0.296. The Morgan fingerprint density at radius 2 is 2.08 bits per heavy atom. The Morgan fingerprint density at radius 3 is 2.79 bits per heavy atom. The van der Waals surface area contributed by atoms with Gasteiger partial charge in [-0.05, 0) is 23.8 Å². The lowest BCUT2D eigenvalue weighted by molar-refractivity contribution is -0.144. The molecule has 4 heterocycles. The Hall–Kier alpha value is -3.96. The lowest BCUT2D eigenvalue weighted by Crippen LogP contribution is -2.50. The molecular weight excluding hydrogens is 509 g/mol. The fourth-order valence-electron chi connectivity index (χ4n) is 4.43. The van der Waals surface area contributed by atoms with Gasteiger partial charge in [-0.15, -0.1) is 11.3 Å². The highest BCUT2D eigenvalue weighted by Gasteiger charge is 2.23. The number of carbonyl (C=O) groups is 2. The molecule has 1 fully saturated rings. The summed E-state index contributed by atoms with van der Waals surface area (Å²) in [6, 6.07) is 8.54. The number of dihydropyridines is 1. The van der Waals surface area contributed by atoms with Crippen LogP contribution in [0.4, 0.5) is 10.1 Å². The monoisotopic (exact) mass is 537 g/mol. The first kappa shape index (κ1) is 25.7. The van der Waals surface area contributed by atoms with Crippen LogP contribution >= 0.6 is 11.3 Å². The van der Waals surface area contributed by atoms with Gasteiger partial charge in [0.1, 0.15) is 5.75 Å². The number of piperazine rings is 1. The maximum absolute atomic E-state index is 14.5. The highest BCUT2D eigenvalue weighted by molar-refractivity contribution is 7.19. The number of carbonyl (C=O) groups excluding carboxylic acids is 2. The third-order valence-electron chi connectivity index (χ3n) is 6.50. The minimum Gasteiger partial charge on any atom is -0.458 e. The van der Waals surface area contributed by atoms with Crippen LogP contribution < -0.4 is 15.4 Å². The number of nitrogens with one attached hydrogen (secondary N) is 2. The van der Waals surface area contributed by atoms with Crippen LogP contribution in [0.15, 0.2) is 60.5 Å². The molecular formula is C27H28FN5O4S. The van der Waals surface area contributed by atoms with Gasteiger partial charge < -0.3 is 25.0 Å². The number of rotatable bonds is 9. The summed E-state index contributed by atoms with van der Waals surface area (Å²) in [5.74, 6) is 0.122. The third kappa shape index (κ3) is 5.79. The lowest BCUT2D eigenvalue weighted by atomic mass is 10.1. The van der Waals surface area contributed by atoms with E-state index in [2.05, 4.69) is 37.4 Å². The molecule has 0 bridgehead atoms. The SMILES string of the molecule is CNc1ccc(Oc2ccnc3cc(C4C=CC(CN5CCN(C(=O)COC=O)CC5)=CN4)sc23)c(F)c1. The quantitative estimate of drug-likeness (QED) is 0.400. The number of hydrogen-bond donors (Lipinski definition) is 2. The first-order chi connectivity index (χ1) is 18.5. The smallest absolute Gasteiger partial charge is 0.293 e. The zero-order valence-electron chi connectivity index (χ0n) is 20.9. The highest BCUT2D eigenvalue weighted by atomic mass is 32.1. The van der Waals surface area contributed by atoms with E-state index in [1.165, 1.54) is 6.07 Å². The van der Waals surface area contributed by atoms with E-state index in [9.17, 15) is 14.0 Å². The summed E-state index contributed by atoms with van der Waals surface area (Å²) in [7, 11) is 1.74. The second kappa shape index (κ2) is 11.6. The van der Waals surface area contributed by atoms with E-state index < -0.39 is 5.82 Å². The Kier molecular flexibility index (Phi) is 7.85. The predicted molar refractivity (Wildman–Crippen MR) is 144 cm³/mol. The van der Waals surface area contributed by atoms with Crippen LogP contribution in [0.3, 0.4) is 0 Å². The number of ether oxygens (including phenoxy) is 2. The van der Waals surface area contributed by atoms with Crippen molar-refractivity contribution >= 4 is 39.6 Å². The van der Waals surface area contributed by atoms with E-state index in [1.54, 1.807) is 47.7 Å². The number of fused-ring (bicyclic) bond motifs is 1. The van der Waals surface area contributed by atoms with Gasteiger partial charge in [-0.1, -0.05) is 12.2 Å². The molecule has 198 valence electrons. The second-order valence-electron chi connectivity index (χ2n) is 8.96. The maximum atomic E-state index is 14.5. The molecule has 5 rings (SSSR count). The molecule has 1 aromatic carbocycles. The van der Waals surface area contributed by atoms with Gasteiger partial charge in [-0.3, -0.25) is 19.5 Å². The van der Waals surface area contributed by atoms with Gasteiger partial charge in [0.2, 0.25) is 0 Å². The maximum Gasteiger partial charge on any atom is 0.293 e. The molecule has 0 radical (unpaired) electrons. The first-order valence-corrected chi connectivity index (χ1v) is 13.1. The Labute approximate surface area is 223 Å². The zero-order valence-corrected chi connectivity index (χ0v) is 21.7. The Balaban J connectivity index is 1.20. The molecule has 1 unspecified atom stereocenters. The van der Waals surface area contributed by atoms with E-state index in [-0.39, 0.29) is 24.3 Å². The molecule has 2 aromatic heterocycles. The van der Waals surface area contributed by atoms with E-state index in [4.69, 9.17) is 4.74 Å². The van der Waals surface area contributed by atoms with Gasteiger partial charge in [-0.25, -0.2) is 4.39 Å². The number of nitrogens with zero attached hydrogens (tertiary/aromatic N) is 3. The largest absolute Gasteiger partial charge is 0.458 e. The van der Waals surface area contributed by atoms with Crippen molar-refractivity contribution in [3.05, 3.63) is 71.1 Å². The number of halogens is 1. The van der Waals surface area contributed by atoms with Crippen molar-refractivity contribution in [3.63, 3.8) is 0 Å². The number of pyridine rings is 1. The summed E-state index contributed by atoms with van der Waals surface area (Å²) < 4.78 is 25.8. The van der Waals surface area contributed by atoms with E-state index in [0.29, 0.717) is 31.0 Å². The summed E-state index contributed by atoms with van der Waals surface area (Å²) in [6.45, 7) is 3.59. The van der Waals surface area contributed by atoms with Crippen molar-refractivity contribution in [1.29, 1.82) is 0 Å². The molecule has 9 nitrogen and oxygen atoms in total. The van der Waals surface area contributed by atoms with Gasteiger partial charge in [0.15, 0.2) is 18.2 Å². The van der Waals surface area contributed by atoms with Crippen LogP contribution in [-0.2, 0) is 14.3 Å². The molecule has 3 aromatic rings. The van der Waals surface area contributed by atoms with E-state index >= 15 is 0 Å². The molecule has 2 aliphatic rings. The van der Waals surface area contributed by atoms with Crippen molar-refractivity contribution in [2.24, 2.45) is 0 Å². The number of thiophene rings is 1. The van der Waals surface area contributed by atoms with Gasteiger partial charge in [0.05, 0.1) is 16.3 Å². The molecule has 38 heavy (non-hydrogen) atoms. The van der Waals surface area contributed by atoms with Crippen LogP contribution in [0.2, 0.25) is 0 Å². The molecule has 1 amide bonds. The molecule has 0 saturated carbocycles. The van der Waals surface area contributed by atoms with E-state index in [0.717, 1.165) is 40.3 Å². The summed E-state index contributed by atoms with van der Waals surface area (Å²) in [5, 5.41) is 6.38. The minimum atomic E-state index is -0.437. The van der Waals surface area contributed by atoms with Crippen LogP contribution in [0.5, 0.6) is 11.5 Å². The number of hydrogen-bond acceptors (Lipinski definition) is 9. The van der Waals surface area contributed by atoms with Crippen LogP contribution in [0.1, 0.15) is 10.9 Å². The molecule has 0 spiro atoms. The number of aromatic nitrogens is 1. The molecule has 2 N–H and O–H groups in total. The summed E-state index contributed by atoms with van der Waals surface area (Å²) in [4.78, 5) is 31.9. The van der Waals surface area contributed by atoms with Crippen LogP contribution in [-0.4, -0.2) is 73.5 Å². The Bertz CT molecular complexity index is 1380. The Morgan fingerprint density at radius 1 is 1.24 bits per heavy atom. The molecule has 2 aliphatic heterocycles. The van der Waals surface area contributed by atoms with Crippen molar-refractivity contribution in [1.82, 2.24) is 20.1 Å². The normalized spacial score (nSPS) is 17.6. The molecule has 11 heteroatoms. The zero-order chi connectivity index (χ0) is 26.5. The fourth-order valence-corrected chi connectivity index (χ4v) is 5.54. The topological polar surface area (TPSA) is 96.0 Å². The van der Waals surface area contributed by atoms with Crippen molar-refractivity contribution in [3.8, 4) is 11.5 Å². The summed E-state index contributed by atoms with van der Waals surface area (Å²) in [6.07, 6.45) is 7.92. The van der Waals surface area contributed by atoms with Crippen LogP contribution in [0.25, 0.3) is 10.2 Å². The number of benzene rings is 1. The standard InChI is InChI=1S/C27H28FN5O4S/c1-29-19-3-5-23(20(28)12-19)37-24-6-7-30-22-13-25(38-27(22)24)21-4-2-18(14-31-21)15-32-8-10-33(11-9-32)26(35)16-36-17-34/h2-7,12-14,17,21,29,31H,8-11,15-16H2,1H3. The van der Waals surface area contributed by atoms with E-state index in [1.807, 2.05) is 12.3 Å². The summed E-state index contributed by atoms with van der Waals surface area (Å²) >= 11 is 1.56. The number of amides is 1. The summed E-state index contributed by atoms with van der Waals surface area (Å²) in [5.41, 5.74) is 2.62. The van der Waals surface area contributed by atoms with Crippen molar-refractivity contribution in [2.75, 3.05) is 51.7 Å². The first-order valence-electron chi connectivity index (χ1n) is 12.3. The minimum absolute atomic E-state index is 0.00950. The molecule has 0 aliphatic carbocycles. The van der Waals surface area contributed by atoms with Gasteiger partial charge >= 0.3 is 0 Å². The van der Waals surface area contributed by atoms with Gasteiger partial charge in [-0.2, -0.15) is 0 Å².